The fraction of sp³-hybridized carbons (Fsp3) is 0.478. The lowest BCUT2D eigenvalue weighted by Crippen LogP contribution is -2.15. The quantitative estimate of drug-likeness (QED) is 0.514. The van der Waals surface area contributed by atoms with Crippen LogP contribution >= 0.6 is 22.9 Å². The smallest absolute Gasteiger partial charge is 0.161 e. The molecule has 5 rings (SSSR count). The molecule has 3 aromatic rings. The zero-order valence-corrected chi connectivity index (χ0v) is 18.7. The number of ether oxygens (including phenoxy) is 2. The molecule has 0 amide bonds. The summed E-state index contributed by atoms with van der Waals surface area (Å²) >= 11 is 8.28. The highest BCUT2D eigenvalue weighted by Gasteiger charge is 2.22. The van der Waals surface area contributed by atoms with E-state index in [4.69, 9.17) is 31.0 Å². The first-order valence-corrected chi connectivity index (χ1v) is 12.0. The third kappa shape index (κ3) is 3.95. The summed E-state index contributed by atoms with van der Waals surface area (Å²) in [5.41, 5.74) is 1.21. The predicted octanol–water partition coefficient (Wildman–Crippen LogP) is 6.13. The van der Waals surface area contributed by atoms with E-state index >= 15 is 0 Å². The molecule has 0 radical (unpaired) electrons. The van der Waals surface area contributed by atoms with Crippen LogP contribution in [0.3, 0.4) is 0 Å². The Balaban J connectivity index is 1.37. The summed E-state index contributed by atoms with van der Waals surface area (Å²) in [5, 5.41) is 5.28. The van der Waals surface area contributed by atoms with Crippen LogP contribution in [0.15, 0.2) is 18.2 Å². The molecule has 0 saturated heterocycles. The van der Waals surface area contributed by atoms with Gasteiger partial charge in [0, 0.05) is 17.3 Å². The molecule has 1 aliphatic heterocycles. The summed E-state index contributed by atoms with van der Waals surface area (Å²) in [6, 6.07) is 6.16. The SMILES string of the molecule is Cc1sc2nc(C3CCCCC3)nc(NCCc3ccc4c(c3)OCCO4)c2c1Cl. The fourth-order valence-electron chi connectivity index (χ4n) is 4.33. The lowest BCUT2D eigenvalue weighted by Gasteiger charge is -2.21. The molecular formula is C23H26ClN3O2S. The summed E-state index contributed by atoms with van der Waals surface area (Å²) in [6.07, 6.45) is 7.08. The van der Waals surface area contributed by atoms with Crippen LogP contribution in [-0.4, -0.2) is 29.7 Å². The molecule has 0 atom stereocenters. The van der Waals surface area contributed by atoms with Crippen molar-refractivity contribution in [1.29, 1.82) is 0 Å². The first-order chi connectivity index (χ1) is 14.7. The number of aryl methyl sites for hydroxylation is 1. The minimum Gasteiger partial charge on any atom is -0.486 e. The fourth-order valence-corrected chi connectivity index (χ4v) is 5.61. The highest BCUT2D eigenvalue weighted by Crippen LogP contribution is 2.40. The van der Waals surface area contributed by atoms with Crippen molar-refractivity contribution >= 4 is 39.0 Å². The Labute approximate surface area is 185 Å². The van der Waals surface area contributed by atoms with Crippen molar-refractivity contribution in [1.82, 2.24) is 9.97 Å². The zero-order valence-electron chi connectivity index (χ0n) is 17.2. The number of halogens is 1. The standard InChI is InChI=1S/C23H26ClN3O2S/c1-14-20(24)19-22(26-21(27-23(19)30-14)16-5-3-2-4-6-16)25-10-9-15-7-8-17-18(13-15)29-12-11-28-17/h7-8,13,16H,2-6,9-12H2,1H3,(H,25,26,27). The molecule has 5 nitrogen and oxygen atoms in total. The van der Waals surface area contributed by atoms with E-state index in [9.17, 15) is 0 Å². The average Bonchev–Trinajstić information content (AvgIpc) is 3.08. The monoisotopic (exact) mass is 443 g/mol. The van der Waals surface area contributed by atoms with Crippen LogP contribution < -0.4 is 14.8 Å². The lowest BCUT2D eigenvalue weighted by atomic mass is 9.88. The molecule has 0 spiro atoms. The Kier molecular flexibility index (Phi) is 5.70. The third-order valence-electron chi connectivity index (χ3n) is 5.95. The van der Waals surface area contributed by atoms with Crippen molar-refractivity contribution in [2.45, 2.75) is 51.4 Å². The topological polar surface area (TPSA) is 56.3 Å². The van der Waals surface area contributed by atoms with Crippen LogP contribution in [0, 0.1) is 6.92 Å². The van der Waals surface area contributed by atoms with Gasteiger partial charge in [0.1, 0.15) is 29.7 Å². The van der Waals surface area contributed by atoms with Crippen LogP contribution in [-0.2, 0) is 6.42 Å². The number of nitrogens with zero attached hydrogens (tertiary/aromatic N) is 2. The Morgan fingerprint density at radius 3 is 2.73 bits per heavy atom. The Hall–Kier alpha value is -2.05. The molecular weight excluding hydrogens is 418 g/mol. The van der Waals surface area contributed by atoms with E-state index in [0.717, 1.165) is 56.2 Å². The molecule has 1 saturated carbocycles. The molecule has 1 aliphatic carbocycles. The predicted molar refractivity (Wildman–Crippen MR) is 123 cm³/mol. The van der Waals surface area contributed by atoms with Crippen molar-refractivity contribution in [3.63, 3.8) is 0 Å². The average molecular weight is 444 g/mol. The van der Waals surface area contributed by atoms with Crippen LogP contribution in [0.1, 0.15) is 54.3 Å². The molecule has 7 heteroatoms. The van der Waals surface area contributed by atoms with Crippen LogP contribution in [0.4, 0.5) is 5.82 Å². The molecule has 158 valence electrons. The molecule has 0 unspecified atom stereocenters. The number of fused-ring (bicyclic) bond motifs is 2. The molecule has 30 heavy (non-hydrogen) atoms. The molecule has 1 N–H and O–H groups in total. The number of aromatic nitrogens is 2. The summed E-state index contributed by atoms with van der Waals surface area (Å²) in [6.45, 7) is 4.03. The minimum absolute atomic E-state index is 0.461. The minimum atomic E-state index is 0.461. The van der Waals surface area contributed by atoms with E-state index in [1.165, 1.54) is 37.7 Å². The number of nitrogens with one attached hydrogen (secondary N) is 1. The maximum atomic E-state index is 6.62. The summed E-state index contributed by atoms with van der Waals surface area (Å²) < 4.78 is 11.3. The molecule has 2 aromatic heterocycles. The van der Waals surface area contributed by atoms with Gasteiger partial charge >= 0.3 is 0 Å². The molecule has 2 aliphatic rings. The maximum Gasteiger partial charge on any atom is 0.161 e. The normalized spacial score (nSPS) is 16.7. The van der Waals surface area contributed by atoms with Gasteiger partial charge in [0.05, 0.1) is 10.4 Å². The molecule has 1 aromatic carbocycles. The number of anilines is 1. The molecule has 1 fully saturated rings. The molecule has 3 heterocycles. The second-order valence-electron chi connectivity index (χ2n) is 8.07. The Morgan fingerprint density at radius 2 is 1.90 bits per heavy atom. The van der Waals surface area contributed by atoms with Gasteiger partial charge in [-0.15, -0.1) is 11.3 Å². The largest absolute Gasteiger partial charge is 0.486 e. The highest BCUT2D eigenvalue weighted by atomic mass is 35.5. The van der Waals surface area contributed by atoms with Crippen molar-refractivity contribution in [2.75, 3.05) is 25.1 Å². The van der Waals surface area contributed by atoms with Crippen LogP contribution in [0.5, 0.6) is 11.5 Å². The summed E-state index contributed by atoms with van der Waals surface area (Å²) in [4.78, 5) is 12.0. The first kappa shape index (κ1) is 19.9. The number of hydrogen-bond acceptors (Lipinski definition) is 6. The summed E-state index contributed by atoms with van der Waals surface area (Å²) in [7, 11) is 0. The Bertz CT molecular complexity index is 1060. The first-order valence-electron chi connectivity index (χ1n) is 10.8. The van der Waals surface area contributed by atoms with Gasteiger partial charge in [-0.05, 0) is 43.9 Å². The Morgan fingerprint density at radius 1 is 1.10 bits per heavy atom. The van der Waals surface area contributed by atoms with E-state index < -0.39 is 0 Å². The number of hydrogen-bond donors (Lipinski definition) is 1. The van der Waals surface area contributed by atoms with E-state index in [1.807, 2.05) is 13.0 Å². The lowest BCUT2D eigenvalue weighted by molar-refractivity contribution is 0.171. The summed E-state index contributed by atoms with van der Waals surface area (Å²) in [5.74, 6) is 3.96. The number of rotatable bonds is 5. The van der Waals surface area contributed by atoms with Gasteiger partial charge in [-0.1, -0.05) is 36.9 Å². The van der Waals surface area contributed by atoms with Gasteiger partial charge in [0.15, 0.2) is 11.5 Å². The number of benzene rings is 1. The van der Waals surface area contributed by atoms with Crippen molar-refractivity contribution in [3.05, 3.63) is 39.5 Å². The zero-order chi connectivity index (χ0) is 20.5. The van der Waals surface area contributed by atoms with Crippen molar-refractivity contribution in [2.24, 2.45) is 0 Å². The maximum absolute atomic E-state index is 6.62. The van der Waals surface area contributed by atoms with E-state index in [2.05, 4.69) is 17.4 Å². The van der Waals surface area contributed by atoms with Gasteiger partial charge in [0.25, 0.3) is 0 Å². The van der Waals surface area contributed by atoms with Gasteiger partial charge in [-0.3, -0.25) is 0 Å². The second kappa shape index (κ2) is 8.60. The highest BCUT2D eigenvalue weighted by molar-refractivity contribution is 7.19. The number of thiophene rings is 1. The van der Waals surface area contributed by atoms with Crippen molar-refractivity contribution in [3.8, 4) is 11.5 Å². The van der Waals surface area contributed by atoms with Crippen LogP contribution in [0.25, 0.3) is 10.2 Å². The van der Waals surface area contributed by atoms with E-state index in [-0.39, 0.29) is 0 Å². The van der Waals surface area contributed by atoms with Gasteiger partial charge in [-0.25, -0.2) is 9.97 Å². The third-order valence-corrected chi connectivity index (χ3v) is 7.54. The van der Waals surface area contributed by atoms with E-state index in [1.54, 1.807) is 11.3 Å². The van der Waals surface area contributed by atoms with Gasteiger partial charge in [0.2, 0.25) is 0 Å². The second-order valence-corrected chi connectivity index (χ2v) is 9.65. The van der Waals surface area contributed by atoms with Crippen LogP contribution in [0.2, 0.25) is 5.02 Å². The van der Waals surface area contributed by atoms with Gasteiger partial charge in [-0.2, -0.15) is 0 Å². The molecule has 0 bridgehead atoms. The van der Waals surface area contributed by atoms with E-state index in [0.29, 0.717) is 19.1 Å². The van der Waals surface area contributed by atoms with Gasteiger partial charge < -0.3 is 14.8 Å². The van der Waals surface area contributed by atoms with Crippen molar-refractivity contribution < 1.29 is 9.47 Å².